The van der Waals surface area contributed by atoms with Gasteiger partial charge in [-0.1, -0.05) is 41.5 Å². The number of anilines is 3. The summed E-state index contributed by atoms with van der Waals surface area (Å²) in [6, 6.07) is 0.710. The average molecular weight is 606 g/mol. The Hall–Kier alpha value is -1.71. The van der Waals surface area contributed by atoms with E-state index in [9.17, 15) is 0 Å². The van der Waals surface area contributed by atoms with Crippen LogP contribution in [0.4, 0.5) is 17.8 Å². The number of likely N-dealkylation sites (tertiary alicyclic amines) is 1. The van der Waals surface area contributed by atoms with E-state index in [1.807, 2.05) is 7.05 Å². The number of unbranched alkanes of at least 4 members (excludes halogenated alkanes) is 2. The lowest BCUT2D eigenvalue weighted by atomic mass is 9.77. The van der Waals surface area contributed by atoms with Crippen LogP contribution in [0.25, 0.3) is 0 Å². The number of hydrogen-bond donors (Lipinski definition) is 3. The molecule has 252 valence electrons. The van der Waals surface area contributed by atoms with Crippen LogP contribution in [-0.4, -0.2) is 87.9 Å². The van der Waals surface area contributed by atoms with Gasteiger partial charge in [0.25, 0.3) is 0 Å². The SMILES string of the molecule is C.C.CCCCN(c1nc(NCNC)nc(N(CCCC)C2CC(C)(C)N(C)C(C)(C)C2)n1)C1CC(C)(C)NC(C)(C)C1. The van der Waals surface area contributed by atoms with Gasteiger partial charge < -0.3 is 25.8 Å². The lowest BCUT2D eigenvalue weighted by molar-refractivity contribution is -0.0129. The normalized spacial score (nSPS) is 21.4. The van der Waals surface area contributed by atoms with Gasteiger partial charge in [-0.25, -0.2) is 0 Å². The Kier molecular flexibility index (Phi) is 14.2. The number of rotatable bonds is 13. The number of piperidine rings is 2. The Balaban J connectivity index is 0.00000462. The van der Waals surface area contributed by atoms with Crippen molar-refractivity contribution in [3.05, 3.63) is 0 Å². The maximum atomic E-state index is 5.34. The van der Waals surface area contributed by atoms with Crippen LogP contribution in [0.3, 0.4) is 0 Å². The molecule has 43 heavy (non-hydrogen) atoms. The fraction of sp³-hybridized carbons (Fsp3) is 0.912. The molecule has 3 N–H and O–H groups in total. The highest BCUT2D eigenvalue weighted by molar-refractivity contribution is 5.47. The third-order valence-electron chi connectivity index (χ3n) is 9.39. The van der Waals surface area contributed by atoms with Gasteiger partial charge in [0.15, 0.2) is 0 Å². The first-order chi connectivity index (χ1) is 19.0. The van der Waals surface area contributed by atoms with E-state index in [4.69, 9.17) is 15.0 Å². The minimum Gasteiger partial charge on any atom is -0.341 e. The fourth-order valence-corrected chi connectivity index (χ4v) is 7.43. The molecule has 2 aliphatic rings. The topological polar surface area (TPSA) is 84.5 Å². The monoisotopic (exact) mass is 606 g/mol. The van der Waals surface area contributed by atoms with Gasteiger partial charge in [0.05, 0.1) is 6.67 Å². The van der Waals surface area contributed by atoms with Crippen LogP contribution in [0.5, 0.6) is 0 Å². The molecule has 9 heteroatoms. The highest BCUT2D eigenvalue weighted by Crippen LogP contribution is 2.40. The largest absolute Gasteiger partial charge is 0.341 e. The second-order valence-corrected chi connectivity index (χ2v) is 15.3. The van der Waals surface area contributed by atoms with Crippen LogP contribution in [0.1, 0.15) is 135 Å². The number of aromatic nitrogens is 3. The molecule has 0 spiro atoms. The van der Waals surface area contributed by atoms with Crippen molar-refractivity contribution in [2.75, 3.05) is 49.0 Å². The molecule has 0 aromatic carbocycles. The van der Waals surface area contributed by atoms with Gasteiger partial charge in [-0.15, -0.1) is 0 Å². The molecule has 0 unspecified atom stereocenters. The van der Waals surface area contributed by atoms with Crippen molar-refractivity contribution < 1.29 is 0 Å². The third-order valence-corrected chi connectivity index (χ3v) is 9.39. The summed E-state index contributed by atoms with van der Waals surface area (Å²) in [5, 5.41) is 10.5. The van der Waals surface area contributed by atoms with Crippen LogP contribution in [0, 0.1) is 0 Å². The Bertz CT molecular complexity index is 941. The van der Waals surface area contributed by atoms with E-state index in [1.165, 1.54) is 0 Å². The smallest absolute Gasteiger partial charge is 0.232 e. The van der Waals surface area contributed by atoms with Crippen molar-refractivity contribution in [3.8, 4) is 0 Å². The van der Waals surface area contributed by atoms with Gasteiger partial charge in [0.1, 0.15) is 0 Å². The lowest BCUT2D eigenvalue weighted by Crippen LogP contribution is -2.63. The van der Waals surface area contributed by atoms with Crippen molar-refractivity contribution >= 4 is 17.8 Å². The van der Waals surface area contributed by atoms with Crippen molar-refractivity contribution in [1.29, 1.82) is 0 Å². The standard InChI is InChI=1S/C32H63N9.2CH4/c1-13-15-17-40(24-19-29(3,4)38-30(5,6)20-24)27-35-26(34-23-33-11)36-28(37-27)41(18-16-14-2)25-21-31(7,8)39(12)32(9,10)22-25;;/h24-25,33,38H,13-23H2,1-12H3,(H,34,35,36,37);2*1H4. The molecule has 0 amide bonds. The Morgan fingerprint density at radius 1 is 0.744 bits per heavy atom. The van der Waals surface area contributed by atoms with E-state index in [0.717, 1.165) is 76.4 Å². The van der Waals surface area contributed by atoms with Crippen LogP contribution in [0.2, 0.25) is 0 Å². The molecule has 9 nitrogen and oxygen atoms in total. The summed E-state index contributed by atoms with van der Waals surface area (Å²) in [5.41, 5.74) is 0.246. The predicted molar refractivity (Wildman–Crippen MR) is 189 cm³/mol. The maximum Gasteiger partial charge on any atom is 0.232 e. The number of hydrogen-bond acceptors (Lipinski definition) is 9. The molecule has 1 aromatic rings. The molecule has 2 saturated heterocycles. The van der Waals surface area contributed by atoms with E-state index >= 15 is 0 Å². The first-order valence-electron chi connectivity index (χ1n) is 16.3. The zero-order valence-electron chi connectivity index (χ0n) is 28.6. The molecule has 2 aliphatic heterocycles. The quantitative estimate of drug-likeness (QED) is 0.208. The molecule has 2 fully saturated rings. The zero-order valence-corrected chi connectivity index (χ0v) is 28.6. The molecule has 0 atom stereocenters. The van der Waals surface area contributed by atoms with E-state index in [-0.39, 0.29) is 37.0 Å². The summed E-state index contributed by atoms with van der Waals surface area (Å²) in [7, 11) is 4.22. The molecule has 3 rings (SSSR count). The summed E-state index contributed by atoms with van der Waals surface area (Å²) >= 11 is 0. The minimum atomic E-state index is 0. The average Bonchev–Trinajstić information content (AvgIpc) is 2.84. The summed E-state index contributed by atoms with van der Waals surface area (Å²) in [6.45, 7) is 25.9. The van der Waals surface area contributed by atoms with E-state index in [1.54, 1.807) is 0 Å². The third kappa shape index (κ3) is 10.1. The van der Waals surface area contributed by atoms with Crippen LogP contribution in [0.15, 0.2) is 0 Å². The van der Waals surface area contributed by atoms with Gasteiger partial charge in [-0.2, -0.15) is 15.0 Å². The van der Waals surface area contributed by atoms with Gasteiger partial charge in [-0.3, -0.25) is 4.90 Å². The van der Waals surface area contributed by atoms with E-state index in [2.05, 4.69) is 107 Å². The van der Waals surface area contributed by atoms with Crippen LogP contribution >= 0.6 is 0 Å². The molecular weight excluding hydrogens is 534 g/mol. The lowest BCUT2D eigenvalue weighted by Gasteiger charge is -2.55. The van der Waals surface area contributed by atoms with Gasteiger partial charge in [0.2, 0.25) is 17.8 Å². The molecule has 0 radical (unpaired) electrons. The van der Waals surface area contributed by atoms with E-state index in [0.29, 0.717) is 24.7 Å². The van der Waals surface area contributed by atoms with Gasteiger partial charge in [-0.05, 0) is 108 Å². The molecule has 0 aliphatic carbocycles. The fourth-order valence-electron chi connectivity index (χ4n) is 7.43. The second kappa shape index (κ2) is 15.5. The Labute approximate surface area is 266 Å². The van der Waals surface area contributed by atoms with Gasteiger partial charge >= 0.3 is 0 Å². The molecular formula is C34H71N9. The first-order valence-corrected chi connectivity index (χ1v) is 16.3. The second-order valence-electron chi connectivity index (χ2n) is 15.3. The first kappa shape index (κ1) is 39.3. The highest BCUT2D eigenvalue weighted by atomic mass is 15.4. The molecule has 1 aromatic heterocycles. The van der Waals surface area contributed by atoms with Crippen molar-refractivity contribution in [2.45, 2.75) is 170 Å². The van der Waals surface area contributed by atoms with Crippen LogP contribution < -0.4 is 25.8 Å². The molecule has 0 saturated carbocycles. The number of nitrogens with one attached hydrogen (secondary N) is 3. The predicted octanol–water partition coefficient (Wildman–Crippen LogP) is 6.91. The van der Waals surface area contributed by atoms with Crippen molar-refractivity contribution in [2.24, 2.45) is 0 Å². The molecule has 0 bridgehead atoms. The summed E-state index contributed by atoms with van der Waals surface area (Å²) < 4.78 is 0. The van der Waals surface area contributed by atoms with Crippen LogP contribution in [-0.2, 0) is 0 Å². The Morgan fingerprint density at radius 3 is 1.56 bits per heavy atom. The summed E-state index contributed by atoms with van der Waals surface area (Å²) in [4.78, 5) is 23.1. The van der Waals surface area contributed by atoms with Crippen molar-refractivity contribution in [1.82, 2.24) is 30.5 Å². The Morgan fingerprint density at radius 2 is 1.16 bits per heavy atom. The highest BCUT2D eigenvalue weighted by Gasteiger charge is 2.46. The number of nitrogens with zero attached hydrogens (tertiary/aromatic N) is 6. The minimum absolute atomic E-state index is 0. The van der Waals surface area contributed by atoms with Crippen molar-refractivity contribution in [3.63, 3.8) is 0 Å². The van der Waals surface area contributed by atoms with Gasteiger partial charge in [0, 0.05) is 47.3 Å². The maximum absolute atomic E-state index is 5.34. The zero-order chi connectivity index (χ0) is 30.6. The van der Waals surface area contributed by atoms with E-state index < -0.39 is 0 Å². The summed E-state index contributed by atoms with van der Waals surface area (Å²) in [6.07, 6.45) is 8.76. The summed E-state index contributed by atoms with van der Waals surface area (Å²) in [5.74, 6) is 2.28. The molecule has 3 heterocycles.